The van der Waals surface area contributed by atoms with Crippen molar-refractivity contribution in [1.82, 2.24) is 0 Å². The van der Waals surface area contributed by atoms with E-state index in [0.717, 1.165) is 32.1 Å². The van der Waals surface area contributed by atoms with E-state index in [-0.39, 0.29) is 25.2 Å². The minimum absolute atomic E-state index is 0.108. The fraction of sp³-hybridized carbons (Fsp3) is 0.946. The molecule has 5 nitrogen and oxygen atoms in total. The Labute approximate surface area is 261 Å². The van der Waals surface area contributed by atoms with Crippen LogP contribution in [0.2, 0.25) is 0 Å². The monoisotopic (exact) mass is 597 g/mol. The van der Waals surface area contributed by atoms with Crippen LogP contribution in [0.25, 0.3) is 0 Å². The van der Waals surface area contributed by atoms with Gasteiger partial charge >= 0.3 is 11.9 Å². The zero-order valence-electron chi connectivity index (χ0n) is 28.3. The van der Waals surface area contributed by atoms with Gasteiger partial charge in [-0.1, -0.05) is 181 Å². The maximum absolute atomic E-state index is 11.9. The molecule has 0 saturated heterocycles. The fourth-order valence-electron chi connectivity index (χ4n) is 5.50. The SMILES string of the molecule is CCCCCCCCCCCCCCCCCCCCCC(=O)OC[C@@H](O)COC(=O)CCCCCCCCCCC. The van der Waals surface area contributed by atoms with Crippen LogP contribution in [0.5, 0.6) is 0 Å². The molecule has 0 aromatic rings. The topological polar surface area (TPSA) is 72.8 Å². The Kier molecular flexibility index (Phi) is 33.5. The molecule has 0 heterocycles. The molecule has 5 heteroatoms. The van der Waals surface area contributed by atoms with Crippen molar-refractivity contribution in [3.63, 3.8) is 0 Å². The molecule has 0 aliphatic heterocycles. The molecular formula is C37H72O5. The van der Waals surface area contributed by atoms with Crippen LogP contribution in [-0.2, 0) is 19.1 Å². The second-order valence-corrected chi connectivity index (χ2v) is 12.7. The molecule has 0 amide bonds. The van der Waals surface area contributed by atoms with Gasteiger partial charge < -0.3 is 14.6 Å². The number of aliphatic hydroxyl groups is 1. The Morgan fingerprint density at radius 3 is 0.857 bits per heavy atom. The van der Waals surface area contributed by atoms with Crippen LogP contribution in [0.3, 0.4) is 0 Å². The number of rotatable bonds is 34. The van der Waals surface area contributed by atoms with Crippen molar-refractivity contribution in [2.45, 2.75) is 213 Å². The highest BCUT2D eigenvalue weighted by atomic mass is 16.6. The van der Waals surface area contributed by atoms with Crippen molar-refractivity contribution in [2.24, 2.45) is 0 Å². The Morgan fingerprint density at radius 1 is 0.405 bits per heavy atom. The summed E-state index contributed by atoms with van der Waals surface area (Å²) in [5.74, 6) is -0.556. The summed E-state index contributed by atoms with van der Waals surface area (Å²) in [6, 6.07) is 0. The summed E-state index contributed by atoms with van der Waals surface area (Å²) in [4.78, 5) is 23.8. The largest absolute Gasteiger partial charge is 0.463 e. The Morgan fingerprint density at radius 2 is 0.619 bits per heavy atom. The van der Waals surface area contributed by atoms with Gasteiger partial charge in [0.25, 0.3) is 0 Å². The highest BCUT2D eigenvalue weighted by Gasteiger charge is 2.12. The fourth-order valence-corrected chi connectivity index (χ4v) is 5.50. The molecule has 250 valence electrons. The maximum atomic E-state index is 11.9. The second kappa shape index (κ2) is 34.4. The van der Waals surface area contributed by atoms with Crippen LogP contribution in [-0.4, -0.2) is 36.4 Å². The predicted octanol–water partition coefficient (Wildman–Crippen LogP) is 11.2. The molecule has 0 saturated carbocycles. The lowest BCUT2D eigenvalue weighted by atomic mass is 10.0. The molecule has 0 bridgehead atoms. The summed E-state index contributed by atoms with van der Waals surface area (Å²) in [5, 5.41) is 9.96. The van der Waals surface area contributed by atoms with Crippen molar-refractivity contribution >= 4 is 11.9 Å². The van der Waals surface area contributed by atoms with E-state index in [0.29, 0.717) is 12.8 Å². The Hall–Kier alpha value is -1.10. The van der Waals surface area contributed by atoms with E-state index in [4.69, 9.17) is 9.47 Å². The average Bonchev–Trinajstić information content (AvgIpc) is 2.99. The van der Waals surface area contributed by atoms with Crippen LogP contribution < -0.4 is 0 Å². The first-order valence-electron chi connectivity index (χ1n) is 18.6. The van der Waals surface area contributed by atoms with Crippen LogP contribution in [0.4, 0.5) is 0 Å². The number of carbonyl (C=O) groups excluding carboxylic acids is 2. The van der Waals surface area contributed by atoms with E-state index in [9.17, 15) is 14.7 Å². The molecule has 0 aromatic carbocycles. The molecule has 1 N–H and O–H groups in total. The lowest BCUT2D eigenvalue weighted by molar-refractivity contribution is -0.152. The molecule has 1 atom stereocenters. The van der Waals surface area contributed by atoms with E-state index in [1.165, 1.54) is 148 Å². The quantitative estimate of drug-likeness (QED) is 0.0591. The van der Waals surface area contributed by atoms with Crippen molar-refractivity contribution in [3.05, 3.63) is 0 Å². The van der Waals surface area contributed by atoms with Crippen LogP contribution in [0.15, 0.2) is 0 Å². The lowest BCUT2D eigenvalue weighted by Crippen LogP contribution is -2.25. The van der Waals surface area contributed by atoms with Crippen molar-refractivity contribution in [2.75, 3.05) is 13.2 Å². The predicted molar refractivity (Wildman–Crippen MR) is 178 cm³/mol. The lowest BCUT2D eigenvalue weighted by Gasteiger charge is -2.12. The normalized spacial score (nSPS) is 12.0. The van der Waals surface area contributed by atoms with Crippen LogP contribution >= 0.6 is 0 Å². The van der Waals surface area contributed by atoms with Gasteiger partial charge in [0.1, 0.15) is 19.3 Å². The Balaban J connectivity index is 3.35. The number of hydrogen-bond acceptors (Lipinski definition) is 5. The van der Waals surface area contributed by atoms with Crippen molar-refractivity contribution in [1.29, 1.82) is 0 Å². The summed E-state index contributed by atoms with van der Waals surface area (Å²) < 4.78 is 10.3. The first-order valence-corrected chi connectivity index (χ1v) is 18.6. The van der Waals surface area contributed by atoms with Gasteiger partial charge in [-0.05, 0) is 12.8 Å². The van der Waals surface area contributed by atoms with Crippen molar-refractivity contribution < 1.29 is 24.2 Å². The molecule has 0 fully saturated rings. The molecular weight excluding hydrogens is 524 g/mol. The van der Waals surface area contributed by atoms with Gasteiger partial charge in [-0.15, -0.1) is 0 Å². The van der Waals surface area contributed by atoms with Gasteiger partial charge in [-0.2, -0.15) is 0 Å². The first-order chi connectivity index (χ1) is 20.6. The molecule has 0 aliphatic carbocycles. The van der Waals surface area contributed by atoms with Crippen LogP contribution in [0.1, 0.15) is 206 Å². The minimum Gasteiger partial charge on any atom is -0.463 e. The third-order valence-corrected chi connectivity index (χ3v) is 8.34. The standard InChI is InChI=1S/C37H72O5/c1-3-5-7-9-11-13-14-15-16-17-18-19-20-21-22-24-26-28-30-32-37(40)42-34-35(38)33-41-36(39)31-29-27-25-23-12-10-8-6-4-2/h35,38H,3-34H2,1-2H3/t35-/m0/s1. The molecule has 0 unspecified atom stereocenters. The minimum atomic E-state index is -0.953. The summed E-state index contributed by atoms with van der Waals surface area (Å²) in [7, 11) is 0. The summed E-state index contributed by atoms with van der Waals surface area (Å²) in [6.07, 6.45) is 35.9. The zero-order chi connectivity index (χ0) is 30.8. The highest BCUT2D eigenvalue weighted by molar-refractivity contribution is 5.69. The van der Waals surface area contributed by atoms with E-state index in [1.807, 2.05) is 0 Å². The van der Waals surface area contributed by atoms with Gasteiger partial charge in [-0.3, -0.25) is 9.59 Å². The van der Waals surface area contributed by atoms with Gasteiger partial charge in [0.15, 0.2) is 0 Å². The number of hydrogen-bond donors (Lipinski definition) is 1. The second-order valence-electron chi connectivity index (χ2n) is 12.7. The van der Waals surface area contributed by atoms with E-state index in [2.05, 4.69) is 13.8 Å². The number of ether oxygens (including phenoxy) is 2. The summed E-state index contributed by atoms with van der Waals surface area (Å²) in [5.41, 5.74) is 0. The molecule has 0 aliphatic rings. The maximum Gasteiger partial charge on any atom is 0.305 e. The van der Waals surface area contributed by atoms with Gasteiger partial charge in [-0.25, -0.2) is 0 Å². The molecule has 42 heavy (non-hydrogen) atoms. The smallest absolute Gasteiger partial charge is 0.305 e. The molecule has 0 rings (SSSR count). The summed E-state index contributed by atoms with van der Waals surface area (Å²) >= 11 is 0. The van der Waals surface area contributed by atoms with Gasteiger partial charge in [0.05, 0.1) is 0 Å². The van der Waals surface area contributed by atoms with Crippen LogP contribution in [0, 0.1) is 0 Å². The third-order valence-electron chi connectivity index (χ3n) is 8.34. The molecule has 0 spiro atoms. The van der Waals surface area contributed by atoms with Gasteiger partial charge in [0.2, 0.25) is 0 Å². The zero-order valence-corrected chi connectivity index (χ0v) is 28.3. The van der Waals surface area contributed by atoms with E-state index >= 15 is 0 Å². The van der Waals surface area contributed by atoms with Gasteiger partial charge in [0, 0.05) is 12.8 Å². The summed E-state index contributed by atoms with van der Waals surface area (Å²) in [6.45, 7) is 4.30. The number of esters is 2. The third kappa shape index (κ3) is 33.4. The average molecular weight is 597 g/mol. The highest BCUT2D eigenvalue weighted by Crippen LogP contribution is 2.15. The van der Waals surface area contributed by atoms with E-state index < -0.39 is 6.10 Å². The first kappa shape index (κ1) is 40.9. The number of aliphatic hydroxyl groups excluding tert-OH is 1. The number of unbranched alkanes of at least 4 members (excludes halogenated alkanes) is 26. The van der Waals surface area contributed by atoms with Crippen molar-refractivity contribution in [3.8, 4) is 0 Å². The van der Waals surface area contributed by atoms with E-state index in [1.54, 1.807) is 0 Å². The molecule has 0 radical (unpaired) electrons. The molecule has 0 aromatic heterocycles. The number of carbonyl (C=O) groups is 2. The Bertz CT molecular complexity index is 564.